The van der Waals surface area contributed by atoms with Crippen LogP contribution in [0.2, 0.25) is 0 Å². The van der Waals surface area contributed by atoms with Gasteiger partial charge in [-0.3, -0.25) is 9.59 Å². The van der Waals surface area contributed by atoms with E-state index < -0.39 is 11.9 Å². The van der Waals surface area contributed by atoms with Crippen LogP contribution in [0.3, 0.4) is 0 Å². The van der Waals surface area contributed by atoms with Gasteiger partial charge in [0.15, 0.2) is 0 Å². The number of aliphatic carboxylic acids is 2. The molecule has 2 amide bonds. The van der Waals surface area contributed by atoms with Crippen LogP contribution >= 0.6 is 0 Å². The molecule has 0 fully saturated rings. The van der Waals surface area contributed by atoms with E-state index in [1.165, 1.54) is 141 Å². The van der Waals surface area contributed by atoms with Crippen LogP contribution in [0.5, 0.6) is 0 Å². The standard InChI is InChI=1S/2C20H39NO3.Mg/c2*1-18(2)15-13-11-9-7-5-3-4-6-8-10-12-14-16-19(22)21-17-20(23)24;/h2*18H,3-17H2,1-2H3,(H,21,22)(H,23,24);/q;;+2/p-2. The first-order valence-electron chi connectivity index (χ1n) is 20.0. The number of amides is 2. The molecule has 0 bridgehead atoms. The monoisotopic (exact) mass is 705 g/mol. The molecule has 0 heterocycles. The molecule has 8 nitrogen and oxygen atoms in total. The Balaban J connectivity index is -0.000000846. The summed E-state index contributed by atoms with van der Waals surface area (Å²) in [6.45, 7) is 8.43. The molecule has 0 spiro atoms. The summed E-state index contributed by atoms with van der Waals surface area (Å²) in [6, 6.07) is 0. The quantitative estimate of drug-likeness (QED) is 0.0524. The second-order valence-corrected chi connectivity index (χ2v) is 14.6. The maximum Gasteiger partial charge on any atom is 2.00 e. The van der Waals surface area contributed by atoms with E-state index in [-0.39, 0.29) is 48.0 Å². The fraction of sp³-hybridized carbons (Fsp3) is 0.900. The average Bonchev–Trinajstić information content (AvgIpc) is 3.03. The number of nitrogens with one attached hydrogen (secondary N) is 2. The van der Waals surface area contributed by atoms with E-state index >= 15 is 0 Å². The molecule has 0 atom stereocenters. The van der Waals surface area contributed by atoms with Crippen molar-refractivity contribution in [2.45, 2.75) is 207 Å². The minimum Gasteiger partial charge on any atom is -0.548 e. The van der Waals surface area contributed by atoms with Crippen molar-refractivity contribution < 1.29 is 29.4 Å². The van der Waals surface area contributed by atoms with Crippen LogP contribution in [0.25, 0.3) is 0 Å². The minimum atomic E-state index is -1.24. The van der Waals surface area contributed by atoms with Gasteiger partial charge in [0, 0.05) is 12.8 Å². The number of hydrogen-bond acceptors (Lipinski definition) is 6. The van der Waals surface area contributed by atoms with E-state index in [2.05, 4.69) is 38.3 Å². The van der Waals surface area contributed by atoms with Gasteiger partial charge >= 0.3 is 23.1 Å². The molecule has 0 aliphatic rings. The van der Waals surface area contributed by atoms with Crippen molar-refractivity contribution in [1.82, 2.24) is 10.6 Å². The fourth-order valence-corrected chi connectivity index (χ4v) is 5.73. The first kappa shape index (κ1) is 52.0. The fourth-order valence-electron chi connectivity index (χ4n) is 5.73. The molecule has 0 radical (unpaired) electrons. The van der Waals surface area contributed by atoms with Crippen LogP contribution in [-0.4, -0.2) is 59.9 Å². The molecule has 2 N–H and O–H groups in total. The molecule has 0 saturated heterocycles. The van der Waals surface area contributed by atoms with Gasteiger partial charge in [-0.25, -0.2) is 0 Å². The first-order chi connectivity index (χ1) is 23.0. The molecule has 0 aliphatic heterocycles. The minimum absolute atomic E-state index is 0. The maximum atomic E-state index is 11.3. The number of rotatable bonds is 34. The van der Waals surface area contributed by atoms with Gasteiger partial charge in [-0.1, -0.05) is 182 Å². The molecule has 49 heavy (non-hydrogen) atoms. The van der Waals surface area contributed by atoms with Crippen LogP contribution in [0, 0.1) is 11.8 Å². The van der Waals surface area contributed by atoms with Crippen molar-refractivity contribution in [3.8, 4) is 0 Å². The van der Waals surface area contributed by atoms with Gasteiger partial charge in [0.2, 0.25) is 11.8 Å². The Hall–Kier alpha value is -1.35. The summed E-state index contributed by atoms with van der Waals surface area (Å²) in [6.07, 6.45) is 34.1. The Kier molecular flexibility index (Phi) is 43.6. The van der Waals surface area contributed by atoms with Crippen molar-refractivity contribution in [3.63, 3.8) is 0 Å². The molecule has 0 unspecified atom stereocenters. The van der Waals surface area contributed by atoms with Crippen LogP contribution in [0.1, 0.15) is 207 Å². The largest absolute Gasteiger partial charge is 2.00 e. The predicted octanol–water partition coefficient (Wildman–Crippen LogP) is 7.56. The van der Waals surface area contributed by atoms with E-state index in [0.717, 1.165) is 37.5 Å². The molecule has 0 aromatic heterocycles. The van der Waals surface area contributed by atoms with Crippen LogP contribution in [0.4, 0.5) is 0 Å². The number of carboxylic acid groups (broad SMARTS) is 2. The van der Waals surface area contributed by atoms with Crippen LogP contribution < -0.4 is 20.8 Å². The van der Waals surface area contributed by atoms with Gasteiger partial charge in [-0.2, -0.15) is 0 Å². The summed E-state index contributed by atoms with van der Waals surface area (Å²) in [5.74, 6) is -1.15. The molecule has 0 aliphatic carbocycles. The normalized spacial score (nSPS) is 10.7. The first-order valence-corrected chi connectivity index (χ1v) is 20.0. The second kappa shape index (κ2) is 41.1. The molecule has 0 aromatic carbocycles. The van der Waals surface area contributed by atoms with Gasteiger partial charge in [-0.15, -0.1) is 0 Å². The number of carboxylic acids is 2. The number of unbranched alkanes of at least 4 members (excludes halogenated alkanes) is 22. The average molecular weight is 705 g/mol. The third-order valence-corrected chi connectivity index (χ3v) is 8.73. The molecule has 0 saturated carbocycles. The van der Waals surface area contributed by atoms with Crippen molar-refractivity contribution in [1.29, 1.82) is 0 Å². The van der Waals surface area contributed by atoms with E-state index in [9.17, 15) is 29.4 Å². The SMILES string of the molecule is CC(C)CCCCCCCCCCCCCCC(=O)NCC(=O)[O-].CC(C)CCCCCCCCCCCCCCC(=O)NCC(=O)[O-].[Mg+2]. The third kappa shape index (κ3) is 51.1. The van der Waals surface area contributed by atoms with Crippen LogP contribution in [-0.2, 0) is 19.2 Å². The summed E-state index contributed by atoms with van der Waals surface area (Å²) >= 11 is 0. The molecular weight excluding hydrogens is 629 g/mol. The van der Waals surface area contributed by atoms with Crippen LogP contribution in [0.15, 0.2) is 0 Å². The van der Waals surface area contributed by atoms with Gasteiger partial charge < -0.3 is 30.4 Å². The Labute approximate surface area is 318 Å². The zero-order chi connectivity index (χ0) is 36.1. The number of carbonyl (C=O) groups excluding carboxylic acids is 4. The zero-order valence-electron chi connectivity index (χ0n) is 32.5. The van der Waals surface area contributed by atoms with Gasteiger partial charge in [-0.05, 0) is 24.7 Å². The Morgan fingerprint density at radius 3 is 0.796 bits per heavy atom. The summed E-state index contributed by atoms with van der Waals surface area (Å²) in [4.78, 5) is 42.9. The van der Waals surface area contributed by atoms with Crippen molar-refractivity contribution in [3.05, 3.63) is 0 Å². The molecule has 0 aromatic rings. The predicted molar refractivity (Wildman–Crippen MR) is 201 cm³/mol. The Morgan fingerprint density at radius 1 is 0.388 bits per heavy atom. The topological polar surface area (TPSA) is 138 Å². The molecule has 9 heteroatoms. The maximum absolute atomic E-state index is 11.3. The summed E-state index contributed by atoms with van der Waals surface area (Å²) in [5, 5.41) is 25.0. The van der Waals surface area contributed by atoms with Gasteiger partial charge in [0.05, 0.1) is 25.0 Å². The van der Waals surface area contributed by atoms with Gasteiger partial charge in [0.25, 0.3) is 0 Å². The molecule has 284 valence electrons. The summed E-state index contributed by atoms with van der Waals surface area (Å²) < 4.78 is 0. The number of carbonyl (C=O) groups is 4. The molecular formula is C40H76MgN2O6. The smallest absolute Gasteiger partial charge is 0.548 e. The van der Waals surface area contributed by atoms with E-state index in [1.54, 1.807) is 0 Å². The zero-order valence-corrected chi connectivity index (χ0v) is 33.9. The van der Waals surface area contributed by atoms with Crippen molar-refractivity contribution in [2.75, 3.05) is 13.1 Å². The van der Waals surface area contributed by atoms with Crippen molar-refractivity contribution >= 4 is 46.8 Å². The van der Waals surface area contributed by atoms with E-state index in [1.807, 2.05) is 0 Å². The summed E-state index contributed by atoms with van der Waals surface area (Å²) in [7, 11) is 0. The van der Waals surface area contributed by atoms with E-state index in [4.69, 9.17) is 0 Å². The Morgan fingerprint density at radius 2 is 0.592 bits per heavy atom. The van der Waals surface area contributed by atoms with Gasteiger partial charge in [0.1, 0.15) is 0 Å². The Bertz CT molecular complexity index is 701. The summed E-state index contributed by atoms with van der Waals surface area (Å²) in [5.41, 5.74) is 0. The second-order valence-electron chi connectivity index (χ2n) is 14.6. The third-order valence-electron chi connectivity index (χ3n) is 8.73. The molecule has 0 rings (SSSR count). The van der Waals surface area contributed by atoms with E-state index in [0.29, 0.717) is 12.8 Å². The van der Waals surface area contributed by atoms with Crippen molar-refractivity contribution in [2.24, 2.45) is 11.8 Å². The number of hydrogen-bond donors (Lipinski definition) is 2.